The van der Waals surface area contributed by atoms with E-state index in [-0.39, 0.29) is 0 Å². The lowest BCUT2D eigenvalue weighted by Gasteiger charge is -2.28. The van der Waals surface area contributed by atoms with Crippen LogP contribution in [0.2, 0.25) is 0 Å². The highest BCUT2D eigenvalue weighted by atomic mass is 16.5. The lowest BCUT2D eigenvalue weighted by Crippen LogP contribution is -2.30. The van der Waals surface area contributed by atoms with Crippen LogP contribution in [0.15, 0.2) is 84.6 Å². The predicted octanol–water partition coefficient (Wildman–Crippen LogP) is 6.95. The number of nitrogens with one attached hydrogen (secondary N) is 1. The Hall–Kier alpha value is -5.42. The average molecular weight is 551 g/mol. The summed E-state index contributed by atoms with van der Waals surface area (Å²) in [5.41, 5.74) is 7.45. The van der Waals surface area contributed by atoms with Gasteiger partial charge in [-0.1, -0.05) is 35.6 Å². The number of ether oxygens (including phenoxy) is 1. The Kier molecular flexibility index (Phi) is 8.90. The van der Waals surface area contributed by atoms with Crippen molar-refractivity contribution in [2.24, 2.45) is 0 Å². The molecule has 1 fully saturated rings. The smallest absolute Gasteiger partial charge is 0.230 e. The lowest BCUT2D eigenvalue weighted by atomic mass is 10.0. The number of aryl methyl sites for hydroxylation is 2. The van der Waals surface area contributed by atoms with Gasteiger partial charge < -0.3 is 10.1 Å². The fourth-order valence-corrected chi connectivity index (χ4v) is 4.88. The van der Waals surface area contributed by atoms with Crippen LogP contribution in [-0.2, 0) is 6.54 Å². The minimum absolute atomic E-state index is 0.404. The van der Waals surface area contributed by atoms with E-state index in [4.69, 9.17) is 10.00 Å². The van der Waals surface area contributed by atoms with Gasteiger partial charge >= 0.3 is 0 Å². The minimum atomic E-state index is 0.404. The summed E-state index contributed by atoms with van der Waals surface area (Å²) in [4.78, 5) is 11.2. The monoisotopic (exact) mass is 550 g/mol. The summed E-state index contributed by atoms with van der Waals surface area (Å²) < 4.78 is 6.16. The van der Waals surface area contributed by atoms with E-state index in [2.05, 4.69) is 50.2 Å². The van der Waals surface area contributed by atoms with E-state index >= 15 is 0 Å². The average Bonchev–Trinajstić information content (AvgIpc) is 3.01. The molecule has 4 aromatic rings. The van der Waals surface area contributed by atoms with Crippen LogP contribution in [0.5, 0.6) is 11.6 Å². The molecule has 2 heterocycles. The van der Waals surface area contributed by atoms with Crippen LogP contribution in [-0.4, -0.2) is 28.0 Å². The third-order valence-corrected chi connectivity index (χ3v) is 7.09. The maximum absolute atomic E-state index is 9.35. The molecule has 0 saturated carbocycles. The molecule has 1 aromatic heterocycles. The molecule has 0 radical (unpaired) electrons. The summed E-state index contributed by atoms with van der Waals surface area (Å²) in [6, 6.07) is 25.1. The Morgan fingerprint density at radius 1 is 0.929 bits per heavy atom. The summed E-state index contributed by atoms with van der Waals surface area (Å²) in [6.07, 6.45) is 5.66. The van der Waals surface area contributed by atoms with Gasteiger partial charge in [-0.05, 0) is 91.9 Å². The number of anilines is 2. The number of hydrogen-bond donors (Lipinski definition) is 1. The van der Waals surface area contributed by atoms with Crippen LogP contribution in [0, 0.1) is 48.4 Å². The first-order chi connectivity index (χ1) is 20.5. The van der Waals surface area contributed by atoms with Crippen molar-refractivity contribution in [2.75, 3.05) is 18.4 Å². The van der Waals surface area contributed by atoms with Crippen molar-refractivity contribution in [3.8, 4) is 35.6 Å². The predicted molar refractivity (Wildman–Crippen MR) is 163 cm³/mol. The van der Waals surface area contributed by atoms with Crippen LogP contribution in [0.4, 0.5) is 11.6 Å². The topological polar surface area (TPSA) is 97.9 Å². The van der Waals surface area contributed by atoms with Gasteiger partial charge in [0.25, 0.3) is 0 Å². The molecule has 1 N–H and O–H groups in total. The largest absolute Gasteiger partial charge is 0.438 e. The van der Waals surface area contributed by atoms with Crippen LogP contribution < -0.4 is 10.1 Å². The van der Waals surface area contributed by atoms with Crippen LogP contribution in [0.25, 0.3) is 0 Å². The van der Waals surface area contributed by atoms with E-state index in [9.17, 15) is 5.26 Å². The van der Waals surface area contributed by atoms with E-state index in [1.165, 1.54) is 5.57 Å². The minimum Gasteiger partial charge on any atom is -0.438 e. The van der Waals surface area contributed by atoms with Crippen molar-refractivity contribution in [2.45, 2.75) is 33.2 Å². The molecule has 0 bridgehead atoms. The third kappa shape index (κ3) is 7.20. The number of nitriles is 2. The van der Waals surface area contributed by atoms with Crippen molar-refractivity contribution in [3.63, 3.8) is 0 Å². The van der Waals surface area contributed by atoms with Gasteiger partial charge in [0, 0.05) is 43.1 Å². The summed E-state index contributed by atoms with van der Waals surface area (Å²) >= 11 is 0. The zero-order chi connectivity index (χ0) is 29.3. The Morgan fingerprint density at radius 3 is 2.38 bits per heavy atom. The van der Waals surface area contributed by atoms with Gasteiger partial charge in [-0.15, -0.1) is 0 Å². The number of aromatic nitrogens is 2. The Morgan fingerprint density at radius 2 is 1.67 bits per heavy atom. The van der Waals surface area contributed by atoms with Crippen molar-refractivity contribution in [1.82, 2.24) is 14.9 Å². The summed E-state index contributed by atoms with van der Waals surface area (Å²) in [7, 11) is 0. The van der Waals surface area contributed by atoms with Gasteiger partial charge in [-0.2, -0.15) is 15.5 Å². The highest BCUT2D eigenvalue weighted by Crippen LogP contribution is 2.29. The van der Waals surface area contributed by atoms with Gasteiger partial charge in [-0.3, -0.25) is 4.90 Å². The zero-order valence-corrected chi connectivity index (χ0v) is 23.7. The maximum Gasteiger partial charge on any atom is 0.230 e. The van der Waals surface area contributed by atoms with E-state index in [0.717, 1.165) is 71.7 Å². The Balaban J connectivity index is 1.19. The molecule has 0 spiro atoms. The third-order valence-electron chi connectivity index (χ3n) is 7.09. The molecule has 5 rings (SSSR count). The SMILES string of the molecule is Cc1cc(C#CC=C2CCN(Cc3ccccc3C#N)CC2)cc(C)c1Oc1ccnc(Nc2ccc(C#N)cc2)n1. The highest BCUT2D eigenvalue weighted by molar-refractivity contribution is 5.55. The second-order valence-corrected chi connectivity index (χ2v) is 10.2. The molecule has 7 nitrogen and oxygen atoms in total. The first-order valence-electron chi connectivity index (χ1n) is 13.8. The molecule has 7 heteroatoms. The number of likely N-dealkylation sites (tertiary alicyclic amines) is 1. The van der Waals surface area contributed by atoms with E-state index < -0.39 is 0 Å². The maximum atomic E-state index is 9.35. The highest BCUT2D eigenvalue weighted by Gasteiger charge is 2.15. The fourth-order valence-electron chi connectivity index (χ4n) is 4.88. The molecule has 3 aromatic carbocycles. The van der Waals surface area contributed by atoms with Crippen molar-refractivity contribution in [1.29, 1.82) is 10.5 Å². The van der Waals surface area contributed by atoms with Crippen LogP contribution >= 0.6 is 0 Å². The Labute approximate surface area is 246 Å². The Bertz CT molecular complexity index is 1730. The number of hydrogen-bond acceptors (Lipinski definition) is 7. The molecular weight excluding hydrogens is 520 g/mol. The first kappa shape index (κ1) is 28.1. The molecule has 0 aliphatic carbocycles. The number of nitrogens with zero attached hydrogens (tertiary/aromatic N) is 5. The number of allylic oxidation sites excluding steroid dienone is 1. The van der Waals surface area contributed by atoms with Crippen molar-refractivity contribution >= 4 is 11.6 Å². The van der Waals surface area contributed by atoms with Gasteiger partial charge in [-0.25, -0.2) is 4.98 Å². The number of piperidine rings is 1. The number of rotatable bonds is 6. The standard InChI is InChI=1S/C35H30N6O/c1-25-20-29(7-5-6-27-15-18-41(19-16-27)24-31-9-4-3-8-30(31)23-37)21-26(2)34(25)42-33-14-17-38-35(40-33)39-32-12-10-28(22-36)11-13-32/h3-4,6,8-14,17,20-21H,15-16,18-19,24H2,1-2H3,(H,38,39,40). The molecular formula is C35H30N6O. The van der Waals surface area contributed by atoms with Gasteiger partial charge in [0.05, 0.1) is 23.3 Å². The van der Waals surface area contributed by atoms with Gasteiger partial charge in [0.15, 0.2) is 0 Å². The van der Waals surface area contributed by atoms with E-state index in [0.29, 0.717) is 17.4 Å². The van der Waals surface area contributed by atoms with Crippen LogP contribution in [0.1, 0.15) is 46.2 Å². The lowest BCUT2D eigenvalue weighted by molar-refractivity contribution is 0.248. The molecule has 0 amide bonds. The second-order valence-electron chi connectivity index (χ2n) is 10.2. The number of benzene rings is 3. The molecule has 1 saturated heterocycles. The van der Waals surface area contributed by atoms with Gasteiger partial charge in [0.1, 0.15) is 5.75 Å². The molecule has 0 unspecified atom stereocenters. The van der Waals surface area contributed by atoms with E-state index in [1.54, 1.807) is 36.5 Å². The zero-order valence-electron chi connectivity index (χ0n) is 23.7. The summed E-state index contributed by atoms with van der Waals surface area (Å²) in [5.74, 6) is 8.12. The van der Waals surface area contributed by atoms with Crippen molar-refractivity contribution in [3.05, 3.63) is 118 Å². The first-order valence-corrected chi connectivity index (χ1v) is 13.8. The van der Waals surface area contributed by atoms with Gasteiger partial charge in [0.2, 0.25) is 11.8 Å². The summed E-state index contributed by atoms with van der Waals surface area (Å²) in [6.45, 7) is 6.74. The van der Waals surface area contributed by atoms with Crippen molar-refractivity contribution < 1.29 is 4.74 Å². The normalized spacial score (nSPS) is 12.8. The summed E-state index contributed by atoms with van der Waals surface area (Å²) in [5, 5.41) is 21.5. The van der Waals surface area contributed by atoms with Crippen LogP contribution in [0.3, 0.4) is 0 Å². The fraction of sp³-hybridized carbons (Fsp3) is 0.200. The molecule has 1 aliphatic heterocycles. The quantitative estimate of drug-likeness (QED) is 0.260. The van der Waals surface area contributed by atoms with E-state index in [1.807, 2.05) is 50.2 Å². The molecule has 0 atom stereocenters. The molecule has 206 valence electrons. The molecule has 42 heavy (non-hydrogen) atoms. The second kappa shape index (κ2) is 13.3. The molecule has 1 aliphatic rings.